The zero-order chi connectivity index (χ0) is 15.2. The molecule has 0 radical (unpaired) electrons. The number of esters is 1. The highest BCUT2D eigenvalue weighted by atomic mass is 32.2. The maximum atomic E-state index is 11.8. The fourth-order valence-corrected chi connectivity index (χ4v) is 3.49. The van der Waals surface area contributed by atoms with Crippen LogP contribution in [-0.4, -0.2) is 19.0 Å². The molecule has 1 aromatic carbocycles. The molecule has 1 unspecified atom stereocenters. The molecule has 0 bridgehead atoms. The van der Waals surface area contributed by atoms with Crippen molar-refractivity contribution >= 4 is 23.6 Å². The van der Waals surface area contributed by atoms with Gasteiger partial charge in [-0.3, -0.25) is 9.59 Å². The third-order valence-electron chi connectivity index (χ3n) is 3.36. The lowest BCUT2D eigenvalue weighted by atomic mass is 9.92. The van der Waals surface area contributed by atoms with Crippen molar-refractivity contribution in [1.82, 2.24) is 5.32 Å². The van der Waals surface area contributed by atoms with Crippen LogP contribution >= 0.6 is 11.8 Å². The van der Waals surface area contributed by atoms with Gasteiger partial charge < -0.3 is 10.1 Å². The van der Waals surface area contributed by atoms with Crippen molar-refractivity contribution in [1.29, 1.82) is 0 Å². The highest BCUT2D eigenvalue weighted by molar-refractivity contribution is 8.03. The van der Waals surface area contributed by atoms with Crippen LogP contribution < -0.4 is 5.32 Å². The summed E-state index contributed by atoms with van der Waals surface area (Å²) in [6, 6.07) is 9.95. The Hall–Kier alpha value is -1.75. The van der Waals surface area contributed by atoms with Crippen LogP contribution in [0.3, 0.4) is 0 Å². The van der Waals surface area contributed by atoms with E-state index in [-0.39, 0.29) is 17.8 Å². The standard InChI is InChI=1S/C16H19NO3S/c1-11(18)17-14-9-8-12(16(19)20-2)10-15(14)21-13-6-4-3-5-7-13/h3-7,12H,8-10H2,1-2H3,(H,17,18). The molecule has 1 aliphatic carbocycles. The molecule has 0 saturated carbocycles. The van der Waals surface area contributed by atoms with Crippen molar-refractivity contribution in [2.75, 3.05) is 7.11 Å². The van der Waals surface area contributed by atoms with E-state index in [1.807, 2.05) is 30.3 Å². The smallest absolute Gasteiger partial charge is 0.309 e. The maximum Gasteiger partial charge on any atom is 0.309 e. The third kappa shape index (κ3) is 4.36. The van der Waals surface area contributed by atoms with Gasteiger partial charge in [0.1, 0.15) is 0 Å². The predicted molar refractivity (Wildman–Crippen MR) is 82.5 cm³/mol. The molecule has 5 heteroatoms. The molecule has 0 fully saturated rings. The Labute approximate surface area is 128 Å². The first-order chi connectivity index (χ1) is 10.1. The summed E-state index contributed by atoms with van der Waals surface area (Å²) in [5.41, 5.74) is 0.927. The van der Waals surface area contributed by atoms with Gasteiger partial charge in [0, 0.05) is 22.4 Å². The third-order valence-corrected chi connectivity index (χ3v) is 4.52. The summed E-state index contributed by atoms with van der Waals surface area (Å²) in [6.07, 6.45) is 2.01. The predicted octanol–water partition coefficient (Wildman–Crippen LogP) is 3.10. The molecule has 112 valence electrons. The van der Waals surface area contributed by atoms with E-state index >= 15 is 0 Å². The molecular weight excluding hydrogens is 286 g/mol. The molecule has 1 amide bonds. The second-order valence-corrected chi connectivity index (χ2v) is 6.13. The number of rotatable bonds is 4. The molecule has 1 aromatic rings. The first-order valence-corrected chi connectivity index (χ1v) is 7.72. The number of hydrogen-bond donors (Lipinski definition) is 1. The molecule has 4 nitrogen and oxygen atoms in total. The Kier molecular flexibility index (Phi) is 5.44. The van der Waals surface area contributed by atoms with Crippen molar-refractivity contribution in [2.45, 2.75) is 31.1 Å². The van der Waals surface area contributed by atoms with E-state index < -0.39 is 0 Å². The highest BCUT2D eigenvalue weighted by Crippen LogP contribution is 2.39. The van der Waals surface area contributed by atoms with Gasteiger partial charge in [0.15, 0.2) is 0 Å². The van der Waals surface area contributed by atoms with E-state index in [1.165, 1.54) is 14.0 Å². The van der Waals surface area contributed by atoms with Crippen LogP contribution in [0.2, 0.25) is 0 Å². The lowest BCUT2D eigenvalue weighted by molar-refractivity contribution is -0.145. The largest absolute Gasteiger partial charge is 0.469 e. The zero-order valence-electron chi connectivity index (χ0n) is 12.2. The molecule has 0 heterocycles. The molecule has 0 spiro atoms. The van der Waals surface area contributed by atoms with Crippen molar-refractivity contribution in [3.63, 3.8) is 0 Å². The lowest BCUT2D eigenvalue weighted by Gasteiger charge is -2.25. The zero-order valence-corrected chi connectivity index (χ0v) is 13.0. The summed E-state index contributed by atoms with van der Waals surface area (Å²) in [7, 11) is 1.42. The van der Waals surface area contributed by atoms with Crippen LogP contribution in [0.1, 0.15) is 26.2 Å². The van der Waals surface area contributed by atoms with Gasteiger partial charge in [-0.15, -0.1) is 0 Å². The normalized spacial score (nSPS) is 18.3. The summed E-state index contributed by atoms with van der Waals surface area (Å²) in [6.45, 7) is 1.50. The first kappa shape index (κ1) is 15.6. The van der Waals surface area contributed by atoms with Crippen molar-refractivity contribution in [2.24, 2.45) is 5.92 Å². The number of carbonyl (C=O) groups excluding carboxylic acids is 2. The van der Waals surface area contributed by atoms with Gasteiger partial charge in [0.05, 0.1) is 13.0 Å². The van der Waals surface area contributed by atoms with Crippen molar-refractivity contribution < 1.29 is 14.3 Å². The lowest BCUT2D eigenvalue weighted by Crippen LogP contribution is -2.27. The summed E-state index contributed by atoms with van der Waals surface area (Å²) >= 11 is 1.60. The number of benzene rings is 1. The molecule has 1 aliphatic rings. The van der Waals surface area contributed by atoms with Gasteiger partial charge >= 0.3 is 5.97 Å². The van der Waals surface area contributed by atoms with E-state index in [1.54, 1.807) is 11.8 Å². The summed E-state index contributed by atoms with van der Waals surface area (Å²) in [4.78, 5) is 25.2. The Bertz CT molecular complexity index is 554. The van der Waals surface area contributed by atoms with E-state index in [4.69, 9.17) is 4.74 Å². The quantitative estimate of drug-likeness (QED) is 0.869. The number of ether oxygens (including phenoxy) is 1. The van der Waals surface area contributed by atoms with Gasteiger partial charge in [-0.1, -0.05) is 30.0 Å². The number of nitrogens with one attached hydrogen (secondary N) is 1. The molecule has 2 rings (SSSR count). The van der Waals surface area contributed by atoms with E-state index in [0.717, 1.165) is 15.5 Å². The van der Waals surface area contributed by atoms with Crippen molar-refractivity contribution in [3.05, 3.63) is 40.9 Å². The number of carbonyl (C=O) groups is 2. The van der Waals surface area contributed by atoms with E-state index in [9.17, 15) is 9.59 Å². The second kappa shape index (κ2) is 7.31. The molecule has 1 atom stereocenters. The minimum absolute atomic E-state index is 0.0762. The van der Waals surface area contributed by atoms with Gasteiger partial charge in [-0.25, -0.2) is 0 Å². The Morgan fingerprint density at radius 1 is 1.29 bits per heavy atom. The SMILES string of the molecule is COC(=O)C1CCC(NC(C)=O)=C(Sc2ccccc2)C1. The van der Waals surface area contributed by atoms with Crippen LogP contribution in [0.4, 0.5) is 0 Å². The summed E-state index contributed by atoms with van der Waals surface area (Å²) in [5, 5.41) is 2.90. The fraction of sp³-hybridized carbons (Fsp3) is 0.375. The first-order valence-electron chi connectivity index (χ1n) is 6.90. The summed E-state index contributed by atoms with van der Waals surface area (Å²) in [5.74, 6) is -0.380. The van der Waals surface area contributed by atoms with Crippen LogP contribution in [0.15, 0.2) is 45.8 Å². The fourth-order valence-electron chi connectivity index (χ4n) is 2.35. The number of hydrogen-bond acceptors (Lipinski definition) is 4. The summed E-state index contributed by atoms with van der Waals surface area (Å²) < 4.78 is 4.85. The maximum absolute atomic E-state index is 11.8. The number of thioether (sulfide) groups is 1. The molecular formula is C16H19NO3S. The number of allylic oxidation sites excluding steroid dienone is 2. The highest BCUT2D eigenvalue weighted by Gasteiger charge is 2.28. The van der Waals surface area contributed by atoms with E-state index in [2.05, 4.69) is 5.32 Å². The average molecular weight is 305 g/mol. The van der Waals surface area contributed by atoms with Crippen LogP contribution in [-0.2, 0) is 14.3 Å². The van der Waals surface area contributed by atoms with Crippen LogP contribution in [0.25, 0.3) is 0 Å². The van der Waals surface area contributed by atoms with Crippen LogP contribution in [0, 0.1) is 5.92 Å². The Balaban J connectivity index is 2.20. The van der Waals surface area contributed by atoms with Gasteiger partial charge in [-0.05, 0) is 31.4 Å². The molecule has 0 aromatic heterocycles. The Morgan fingerprint density at radius 2 is 2.00 bits per heavy atom. The average Bonchev–Trinajstić information content (AvgIpc) is 2.49. The van der Waals surface area contributed by atoms with Gasteiger partial charge in [0.25, 0.3) is 0 Å². The van der Waals surface area contributed by atoms with Gasteiger partial charge in [0.2, 0.25) is 5.91 Å². The van der Waals surface area contributed by atoms with Crippen molar-refractivity contribution in [3.8, 4) is 0 Å². The minimum Gasteiger partial charge on any atom is -0.469 e. The van der Waals surface area contributed by atoms with Gasteiger partial charge in [-0.2, -0.15) is 0 Å². The number of amides is 1. The minimum atomic E-state index is -0.178. The number of methoxy groups -OCH3 is 1. The monoisotopic (exact) mass is 305 g/mol. The second-order valence-electron chi connectivity index (χ2n) is 4.96. The Morgan fingerprint density at radius 3 is 2.62 bits per heavy atom. The molecule has 0 aliphatic heterocycles. The molecule has 0 saturated heterocycles. The molecule has 21 heavy (non-hydrogen) atoms. The topological polar surface area (TPSA) is 55.4 Å². The van der Waals surface area contributed by atoms with Crippen LogP contribution in [0.5, 0.6) is 0 Å². The van der Waals surface area contributed by atoms with E-state index in [0.29, 0.717) is 19.3 Å². The molecule has 1 N–H and O–H groups in total.